The highest BCUT2D eigenvalue weighted by atomic mass is 16.6. The van der Waals surface area contributed by atoms with Crippen LogP contribution < -0.4 is 4.74 Å². The quantitative estimate of drug-likeness (QED) is 0.667. The molecule has 3 rings (SSSR count). The fourth-order valence-corrected chi connectivity index (χ4v) is 2.10. The maximum absolute atomic E-state index is 12.0. The molecule has 0 radical (unpaired) electrons. The molecule has 1 heterocycles. The summed E-state index contributed by atoms with van der Waals surface area (Å²) in [7, 11) is 1.60. The van der Waals surface area contributed by atoms with Gasteiger partial charge in [0.05, 0.1) is 12.7 Å². The van der Waals surface area contributed by atoms with Crippen LogP contribution in [0, 0.1) is 0 Å². The molecule has 0 saturated carbocycles. The molecular weight excluding hydrogens is 308 g/mol. The summed E-state index contributed by atoms with van der Waals surface area (Å²) < 4.78 is 16.1. The fraction of sp³-hybridized carbons (Fsp3) is 0.167. The third-order valence-electron chi connectivity index (χ3n) is 3.42. The average molecular weight is 324 g/mol. The predicted octanol–water partition coefficient (Wildman–Crippen LogP) is 3.66. The number of carbonyl (C=O) groups excluding carboxylic acids is 1. The van der Waals surface area contributed by atoms with Crippen molar-refractivity contribution in [2.24, 2.45) is 0 Å². The second kappa shape index (κ2) is 6.95. The van der Waals surface area contributed by atoms with Gasteiger partial charge in [-0.25, -0.2) is 4.79 Å². The molecule has 0 aliphatic rings. The van der Waals surface area contributed by atoms with E-state index in [0.29, 0.717) is 11.5 Å². The number of rotatable bonds is 5. The maximum Gasteiger partial charge on any atom is 0.338 e. The van der Waals surface area contributed by atoms with Crippen LogP contribution in [0.25, 0.3) is 11.5 Å². The van der Waals surface area contributed by atoms with Gasteiger partial charge in [0.15, 0.2) is 6.10 Å². The van der Waals surface area contributed by atoms with Gasteiger partial charge in [-0.15, -0.1) is 10.2 Å². The number of nitrogens with zero attached hydrogens (tertiary/aromatic N) is 2. The van der Waals surface area contributed by atoms with E-state index in [1.54, 1.807) is 50.4 Å². The van der Waals surface area contributed by atoms with E-state index in [1.165, 1.54) is 0 Å². The Morgan fingerprint density at radius 2 is 1.75 bits per heavy atom. The zero-order valence-electron chi connectivity index (χ0n) is 13.3. The van der Waals surface area contributed by atoms with Crippen LogP contribution in [-0.4, -0.2) is 23.3 Å². The van der Waals surface area contributed by atoms with E-state index < -0.39 is 12.1 Å². The summed E-state index contributed by atoms with van der Waals surface area (Å²) in [6.07, 6.45) is -0.641. The third kappa shape index (κ3) is 3.43. The van der Waals surface area contributed by atoms with E-state index in [1.807, 2.05) is 18.2 Å². The topological polar surface area (TPSA) is 74.5 Å². The van der Waals surface area contributed by atoms with Crippen molar-refractivity contribution >= 4 is 5.97 Å². The van der Waals surface area contributed by atoms with Crippen LogP contribution >= 0.6 is 0 Å². The van der Waals surface area contributed by atoms with E-state index in [9.17, 15) is 4.79 Å². The van der Waals surface area contributed by atoms with Gasteiger partial charge in [0, 0.05) is 5.56 Å². The fourth-order valence-electron chi connectivity index (χ4n) is 2.10. The standard InChI is InChI=1S/C18H16N2O4/c1-12(23-18(21)14-6-4-3-5-7-14)16-19-20-17(24-16)13-8-10-15(22-2)11-9-13/h3-12H,1-2H3. The van der Waals surface area contributed by atoms with E-state index in [4.69, 9.17) is 13.9 Å². The smallest absolute Gasteiger partial charge is 0.338 e. The Hall–Kier alpha value is -3.15. The molecule has 1 atom stereocenters. The largest absolute Gasteiger partial charge is 0.497 e. The molecule has 0 spiro atoms. The molecule has 1 unspecified atom stereocenters. The van der Waals surface area contributed by atoms with Crippen LogP contribution in [0.2, 0.25) is 0 Å². The van der Waals surface area contributed by atoms with Crippen LogP contribution in [0.4, 0.5) is 0 Å². The summed E-state index contributed by atoms with van der Waals surface area (Å²) in [5.74, 6) is 0.899. The minimum atomic E-state index is -0.641. The summed E-state index contributed by atoms with van der Waals surface area (Å²) in [6, 6.07) is 16.0. The highest BCUT2D eigenvalue weighted by Gasteiger charge is 2.19. The first-order valence-corrected chi connectivity index (χ1v) is 7.41. The molecular formula is C18H16N2O4. The molecule has 0 N–H and O–H groups in total. The molecule has 6 heteroatoms. The molecule has 3 aromatic rings. The first-order chi connectivity index (χ1) is 11.7. The summed E-state index contributed by atoms with van der Waals surface area (Å²) in [4.78, 5) is 12.0. The van der Waals surface area contributed by atoms with Gasteiger partial charge in [-0.1, -0.05) is 18.2 Å². The number of aromatic nitrogens is 2. The number of hydrogen-bond donors (Lipinski definition) is 0. The zero-order chi connectivity index (χ0) is 16.9. The van der Waals surface area contributed by atoms with Crippen molar-refractivity contribution in [3.8, 4) is 17.2 Å². The minimum Gasteiger partial charge on any atom is -0.497 e. The van der Waals surface area contributed by atoms with Crippen molar-refractivity contribution in [3.63, 3.8) is 0 Å². The van der Waals surface area contributed by atoms with E-state index in [-0.39, 0.29) is 5.89 Å². The lowest BCUT2D eigenvalue weighted by Gasteiger charge is -2.09. The molecule has 1 aromatic heterocycles. The normalized spacial score (nSPS) is 11.8. The van der Waals surface area contributed by atoms with Crippen LogP contribution in [0.1, 0.15) is 29.3 Å². The number of benzene rings is 2. The maximum atomic E-state index is 12.0. The SMILES string of the molecule is COc1ccc(-c2nnc(C(C)OC(=O)c3ccccc3)o2)cc1. The lowest BCUT2D eigenvalue weighted by molar-refractivity contribution is 0.0280. The monoisotopic (exact) mass is 324 g/mol. The number of esters is 1. The molecule has 0 bridgehead atoms. The Morgan fingerprint density at radius 3 is 2.42 bits per heavy atom. The van der Waals surface area contributed by atoms with Gasteiger partial charge in [-0.2, -0.15) is 0 Å². The zero-order valence-corrected chi connectivity index (χ0v) is 13.3. The molecule has 2 aromatic carbocycles. The predicted molar refractivity (Wildman–Crippen MR) is 86.6 cm³/mol. The second-order valence-corrected chi connectivity index (χ2v) is 5.09. The Morgan fingerprint density at radius 1 is 1.04 bits per heavy atom. The number of ether oxygens (including phenoxy) is 2. The van der Waals surface area contributed by atoms with E-state index in [2.05, 4.69) is 10.2 Å². The first-order valence-electron chi connectivity index (χ1n) is 7.41. The Kier molecular flexibility index (Phi) is 4.56. The molecule has 0 aliphatic carbocycles. The van der Waals surface area contributed by atoms with Crippen molar-refractivity contribution in [2.45, 2.75) is 13.0 Å². The first kappa shape index (κ1) is 15.7. The number of hydrogen-bond acceptors (Lipinski definition) is 6. The van der Waals surface area contributed by atoms with E-state index in [0.717, 1.165) is 11.3 Å². The second-order valence-electron chi connectivity index (χ2n) is 5.09. The Bertz CT molecular complexity index is 813. The lowest BCUT2D eigenvalue weighted by Crippen LogP contribution is -2.09. The lowest BCUT2D eigenvalue weighted by atomic mass is 10.2. The van der Waals surface area contributed by atoms with Gasteiger partial charge in [-0.3, -0.25) is 0 Å². The summed E-state index contributed by atoms with van der Waals surface area (Å²) in [6.45, 7) is 1.69. The average Bonchev–Trinajstić information content (AvgIpc) is 3.13. The molecule has 0 amide bonds. The third-order valence-corrected chi connectivity index (χ3v) is 3.42. The van der Waals surface area contributed by atoms with Crippen molar-refractivity contribution in [1.82, 2.24) is 10.2 Å². The summed E-state index contributed by atoms with van der Waals surface area (Å²) in [5.41, 5.74) is 1.23. The minimum absolute atomic E-state index is 0.241. The number of carbonyl (C=O) groups is 1. The van der Waals surface area contributed by atoms with Gasteiger partial charge in [-0.05, 0) is 43.3 Å². The van der Waals surface area contributed by atoms with Crippen LogP contribution in [0.5, 0.6) is 5.75 Å². The highest BCUT2D eigenvalue weighted by Crippen LogP contribution is 2.24. The Labute approximate surface area is 139 Å². The molecule has 24 heavy (non-hydrogen) atoms. The van der Waals surface area contributed by atoms with Crippen LogP contribution in [-0.2, 0) is 4.74 Å². The molecule has 0 saturated heterocycles. The van der Waals surface area contributed by atoms with Crippen molar-refractivity contribution < 1.29 is 18.7 Å². The van der Waals surface area contributed by atoms with E-state index >= 15 is 0 Å². The van der Waals surface area contributed by atoms with Gasteiger partial charge < -0.3 is 13.9 Å². The number of methoxy groups -OCH3 is 1. The summed E-state index contributed by atoms with van der Waals surface area (Å²) in [5, 5.41) is 7.95. The van der Waals surface area contributed by atoms with Gasteiger partial charge >= 0.3 is 5.97 Å². The van der Waals surface area contributed by atoms with Crippen molar-refractivity contribution in [1.29, 1.82) is 0 Å². The van der Waals surface area contributed by atoms with Crippen molar-refractivity contribution in [2.75, 3.05) is 7.11 Å². The molecule has 122 valence electrons. The van der Waals surface area contributed by atoms with Gasteiger partial charge in [0.1, 0.15) is 5.75 Å². The Balaban J connectivity index is 1.71. The van der Waals surface area contributed by atoms with Gasteiger partial charge in [0.2, 0.25) is 5.89 Å². The highest BCUT2D eigenvalue weighted by molar-refractivity contribution is 5.89. The molecule has 0 aliphatic heterocycles. The van der Waals surface area contributed by atoms with Crippen LogP contribution in [0.15, 0.2) is 59.0 Å². The molecule has 0 fully saturated rings. The van der Waals surface area contributed by atoms with Crippen molar-refractivity contribution in [3.05, 3.63) is 66.1 Å². The summed E-state index contributed by atoms with van der Waals surface area (Å²) >= 11 is 0. The molecule has 6 nitrogen and oxygen atoms in total. The van der Waals surface area contributed by atoms with Gasteiger partial charge in [0.25, 0.3) is 5.89 Å². The van der Waals surface area contributed by atoms with Crippen LogP contribution in [0.3, 0.4) is 0 Å².